The second-order valence-electron chi connectivity index (χ2n) is 7.26. The quantitative estimate of drug-likeness (QED) is 0.823. The summed E-state index contributed by atoms with van der Waals surface area (Å²) in [6.07, 6.45) is 4.15. The van der Waals surface area contributed by atoms with Gasteiger partial charge in [-0.3, -0.25) is 0 Å². The Kier molecular flexibility index (Phi) is 3.30. The van der Waals surface area contributed by atoms with Crippen LogP contribution in [0.4, 0.5) is 5.69 Å². The average Bonchev–Trinajstić information content (AvgIpc) is 2.72. The van der Waals surface area contributed by atoms with Crippen molar-refractivity contribution in [1.29, 1.82) is 0 Å². The number of fused-ring (bicyclic) bond motifs is 2. The maximum atomic E-state index is 6.26. The van der Waals surface area contributed by atoms with Crippen LogP contribution in [0.2, 0.25) is 5.02 Å². The van der Waals surface area contributed by atoms with Gasteiger partial charge in [-0.15, -0.1) is 0 Å². The number of ether oxygens (including phenoxy) is 1. The molecule has 1 aromatic rings. The number of anilines is 1. The normalized spacial score (nSPS) is 34.6. The van der Waals surface area contributed by atoms with Crippen LogP contribution in [0.5, 0.6) is 0 Å². The topological polar surface area (TPSA) is 35.2 Å². The fourth-order valence-corrected chi connectivity index (χ4v) is 4.45. The van der Waals surface area contributed by atoms with E-state index in [1.807, 2.05) is 18.2 Å². The Morgan fingerprint density at radius 1 is 1.35 bits per heavy atom. The molecule has 3 unspecified atom stereocenters. The minimum Gasteiger partial charge on any atom is -0.399 e. The largest absolute Gasteiger partial charge is 0.399 e. The first-order valence-corrected chi connectivity index (χ1v) is 7.88. The Bertz CT molecular complexity index is 528. The van der Waals surface area contributed by atoms with Crippen LogP contribution in [0.15, 0.2) is 18.2 Å². The number of hydrogen-bond acceptors (Lipinski definition) is 2. The number of rotatable bonds is 3. The van der Waals surface area contributed by atoms with Gasteiger partial charge in [0.2, 0.25) is 0 Å². The van der Waals surface area contributed by atoms with Crippen LogP contribution < -0.4 is 5.73 Å². The highest BCUT2D eigenvalue weighted by atomic mass is 35.5. The van der Waals surface area contributed by atoms with Gasteiger partial charge in [0.05, 0.1) is 12.7 Å². The van der Waals surface area contributed by atoms with E-state index in [0.717, 1.165) is 22.2 Å². The molecule has 0 radical (unpaired) electrons. The standard InChI is InChI=1S/C17H24ClNO/c1-16(2)12-6-7-17(16,3)15(9-12)20-10-11-8-13(19)4-5-14(11)18/h4-5,8,12,15H,6-7,9-10,19H2,1-3H3. The second kappa shape index (κ2) is 4.64. The molecule has 3 rings (SSSR count). The van der Waals surface area contributed by atoms with E-state index in [9.17, 15) is 0 Å². The molecule has 0 saturated heterocycles. The molecule has 2 N–H and O–H groups in total. The second-order valence-corrected chi connectivity index (χ2v) is 7.67. The van der Waals surface area contributed by atoms with Crippen molar-refractivity contribution < 1.29 is 4.74 Å². The fraction of sp³-hybridized carbons (Fsp3) is 0.647. The van der Waals surface area contributed by atoms with Crippen LogP contribution in [-0.2, 0) is 11.3 Å². The van der Waals surface area contributed by atoms with Gasteiger partial charge in [-0.2, -0.15) is 0 Å². The monoisotopic (exact) mass is 293 g/mol. The van der Waals surface area contributed by atoms with Crippen LogP contribution in [0, 0.1) is 16.7 Å². The van der Waals surface area contributed by atoms with Crippen LogP contribution in [-0.4, -0.2) is 6.10 Å². The molecule has 2 aliphatic carbocycles. The third kappa shape index (κ3) is 1.96. The number of halogens is 1. The van der Waals surface area contributed by atoms with Crippen LogP contribution in [0.1, 0.15) is 45.6 Å². The number of nitrogen functional groups attached to an aromatic ring is 1. The summed E-state index contributed by atoms with van der Waals surface area (Å²) in [5.74, 6) is 0.800. The maximum absolute atomic E-state index is 6.26. The van der Waals surface area contributed by atoms with Gasteiger partial charge >= 0.3 is 0 Å². The third-order valence-corrected chi connectivity index (χ3v) is 6.59. The predicted molar refractivity (Wildman–Crippen MR) is 83.7 cm³/mol. The van der Waals surface area contributed by atoms with Gasteiger partial charge in [0.15, 0.2) is 0 Å². The van der Waals surface area contributed by atoms with E-state index in [1.54, 1.807) is 0 Å². The summed E-state index contributed by atoms with van der Waals surface area (Å²) in [5, 5.41) is 0.742. The SMILES string of the molecule is CC1(C)C2CCC1(C)C(OCc1cc(N)ccc1Cl)C2. The Labute approximate surface area is 126 Å². The molecular weight excluding hydrogens is 270 g/mol. The summed E-state index contributed by atoms with van der Waals surface area (Å²) in [6.45, 7) is 7.77. The Hall–Kier alpha value is -0.730. The van der Waals surface area contributed by atoms with E-state index in [-0.39, 0.29) is 0 Å². The first-order valence-electron chi connectivity index (χ1n) is 7.50. The van der Waals surface area contributed by atoms with E-state index >= 15 is 0 Å². The van der Waals surface area contributed by atoms with Gasteiger partial charge < -0.3 is 10.5 Å². The van der Waals surface area contributed by atoms with Crippen molar-refractivity contribution in [2.45, 2.75) is 52.7 Å². The minimum absolute atomic E-state index is 0.296. The van der Waals surface area contributed by atoms with E-state index in [0.29, 0.717) is 23.5 Å². The third-order valence-electron chi connectivity index (χ3n) is 6.22. The Balaban J connectivity index is 1.73. The van der Waals surface area contributed by atoms with Gasteiger partial charge in [-0.1, -0.05) is 32.4 Å². The summed E-state index contributed by atoms with van der Waals surface area (Å²) in [5.41, 5.74) is 8.25. The van der Waals surface area contributed by atoms with Crippen molar-refractivity contribution in [3.63, 3.8) is 0 Å². The molecule has 3 atom stereocenters. The lowest BCUT2D eigenvalue weighted by molar-refractivity contribution is -0.0550. The number of nitrogens with two attached hydrogens (primary N) is 1. The first-order chi connectivity index (χ1) is 9.34. The van der Waals surface area contributed by atoms with Gasteiger partial charge in [0, 0.05) is 10.7 Å². The summed E-state index contributed by atoms with van der Waals surface area (Å²) in [7, 11) is 0. The van der Waals surface area contributed by atoms with Crippen LogP contribution >= 0.6 is 11.6 Å². The molecule has 20 heavy (non-hydrogen) atoms. The molecule has 0 spiro atoms. The zero-order chi connectivity index (χ0) is 14.5. The molecule has 3 heteroatoms. The molecule has 110 valence electrons. The van der Waals surface area contributed by atoms with Crippen molar-refractivity contribution >= 4 is 17.3 Å². The predicted octanol–water partition coefficient (Wildman–Crippen LogP) is 4.65. The van der Waals surface area contributed by atoms with E-state index in [4.69, 9.17) is 22.1 Å². The molecule has 2 aliphatic rings. The van der Waals surface area contributed by atoms with Crippen molar-refractivity contribution in [2.75, 3.05) is 5.73 Å². The van der Waals surface area contributed by atoms with Crippen LogP contribution in [0.25, 0.3) is 0 Å². The highest BCUT2D eigenvalue weighted by Crippen LogP contribution is 2.66. The summed E-state index contributed by atoms with van der Waals surface area (Å²) >= 11 is 6.22. The Morgan fingerprint density at radius 2 is 2.10 bits per heavy atom. The zero-order valence-corrected chi connectivity index (χ0v) is 13.3. The van der Waals surface area contributed by atoms with Gasteiger partial charge in [-0.25, -0.2) is 0 Å². The molecule has 0 aromatic heterocycles. The summed E-state index contributed by atoms with van der Waals surface area (Å²) in [4.78, 5) is 0. The lowest BCUT2D eigenvalue weighted by atomic mass is 9.70. The molecule has 0 amide bonds. The van der Waals surface area contributed by atoms with Gasteiger partial charge in [0.1, 0.15) is 0 Å². The molecule has 0 aliphatic heterocycles. The number of benzene rings is 1. The van der Waals surface area contributed by atoms with Crippen molar-refractivity contribution in [3.8, 4) is 0 Å². The van der Waals surface area contributed by atoms with Crippen molar-refractivity contribution in [1.82, 2.24) is 0 Å². The highest BCUT2D eigenvalue weighted by molar-refractivity contribution is 6.31. The van der Waals surface area contributed by atoms with Crippen LogP contribution in [0.3, 0.4) is 0 Å². The van der Waals surface area contributed by atoms with Crippen molar-refractivity contribution in [2.24, 2.45) is 16.7 Å². The van der Waals surface area contributed by atoms with Gasteiger partial charge in [0.25, 0.3) is 0 Å². The van der Waals surface area contributed by atoms with E-state index < -0.39 is 0 Å². The molecule has 2 bridgehead atoms. The van der Waals surface area contributed by atoms with E-state index in [2.05, 4.69) is 20.8 Å². The zero-order valence-electron chi connectivity index (χ0n) is 12.6. The maximum Gasteiger partial charge on any atom is 0.0736 e. The molecule has 0 heterocycles. The number of hydrogen-bond donors (Lipinski definition) is 1. The highest BCUT2D eigenvalue weighted by Gasteiger charge is 2.61. The smallest absolute Gasteiger partial charge is 0.0736 e. The fourth-order valence-electron chi connectivity index (χ4n) is 4.28. The minimum atomic E-state index is 0.296. The molecule has 2 fully saturated rings. The lowest BCUT2D eigenvalue weighted by Gasteiger charge is -2.39. The average molecular weight is 294 g/mol. The van der Waals surface area contributed by atoms with Crippen molar-refractivity contribution in [3.05, 3.63) is 28.8 Å². The lowest BCUT2D eigenvalue weighted by Crippen LogP contribution is -2.37. The Morgan fingerprint density at radius 3 is 2.70 bits per heavy atom. The summed E-state index contributed by atoms with van der Waals surface area (Å²) < 4.78 is 6.26. The van der Waals surface area contributed by atoms with E-state index in [1.165, 1.54) is 19.3 Å². The molecule has 2 nitrogen and oxygen atoms in total. The first kappa shape index (κ1) is 14.2. The molecule has 1 aromatic carbocycles. The van der Waals surface area contributed by atoms with Gasteiger partial charge in [-0.05, 0) is 59.8 Å². The molecular formula is C17H24ClNO. The summed E-state index contributed by atoms with van der Waals surface area (Å²) in [6, 6.07) is 5.60. The molecule has 2 saturated carbocycles.